The van der Waals surface area contributed by atoms with E-state index >= 15 is 0 Å². The van der Waals surface area contributed by atoms with E-state index in [1.54, 1.807) is 14.2 Å². The first-order chi connectivity index (χ1) is 14.5. The summed E-state index contributed by atoms with van der Waals surface area (Å²) in [5.74, 6) is 1.98. The number of halogens is 1. The highest BCUT2D eigenvalue weighted by molar-refractivity contribution is 6.32. The SMILES string of the molecule is COc1ccc(-c2cc(=Nc3ccccc3Cl)c3c(C)cc(C)cc3o2)cc1OC. The van der Waals surface area contributed by atoms with Crippen LogP contribution >= 0.6 is 11.6 Å². The number of para-hydroxylation sites is 1. The Morgan fingerprint density at radius 3 is 2.37 bits per heavy atom. The van der Waals surface area contributed by atoms with E-state index in [1.165, 1.54) is 0 Å². The van der Waals surface area contributed by atoms with E-state index in [-0.39, 0.29) is 0 Å². The third-order valence-corrected chi connectivity index (χ3v) is 5.27. The maximum atomic E-state index is 6.37. The fourth-order valence-corrected chi connectivity index (χ4v) is 3.75. The lowest BCUT2D eigenvalue weighted by Gasteiger charge is -2.11. The molecule has 0 fully saturated rings. The molecule has 5 heteroatoms. The summed E-state index contributed by atoms with van der Waals surface area (Å²) in [5, 5.41) is 2.36. The van der Waals surface area contributed by atoms with Gasteiger partial charge in [0.1, 0.15) is 11.3 Å². The Hall–Kier alpha value is -3.24. The number of ether oxygens (including phenoxy) is 2. The first-order valence-electron chi connectivity index (χ1n) is 9.57. The quantitative estimate of drug-likeness (QED) is 0.373. The molecule has 0 N–H and O–H groups in total. The minimum Gasteiger partial charge on any atom is -0.493 e. The zero-order chi connectivity index (χ0) is 21.3. The average Bonchev–Trinajstić information content (AvgIpc) is 2.74. The zero-order valence-corrected chi connectivity index (χ0v) is 18.1. The maximum Gasteiger partial charge on any atom is 0.161 e. The third-order valence-electron chi connectivity index (χ3n) is 4.95. The molecule has 1 heterocycles. The molecular weight excluding hydrogens is 398 g/mol. The zero-order valence-electron chi connectivity index (χ0n) is 17.3. The van der Waals surface area contributed by atoms with Crippen LogP contribution in [-0.2, 0) is 0 Å². The van der Waals surface area contributed by atoms with Gasteiger partial charge in [0.2, 0.25) is 0 Å². The Morgan fingerprint density at radius 2 is 1.63 bits per heavy atom. The summed E-state index contributed by atoms with van der Waals surface area (Å²) in [6.07, 6.45) is 0. The van der Waals surface area contributed by atoms with Gasteiger partial charge in [0.05, 0.1) is 30.3 Å². The molecule has 4 rings (SSSR count). The van der Waals surface area contributed by atoms with Crippen molar-refractivity contribution in [1.29, 1.82) is 0 Å². The second-order valence-corrected chi connectivity index (χ2v) is 7.49. The van der Waals surface area contributed by atoms with Gasteiger partial charge in [-0.3, -0.25) is 0 Å². The summed E-state index contributed by atoms with van der Waals surface area (Å²) in [4.78, 5) is 4.87. The van der Waals surface area contributed by atoms with Gasteiger partial charge < -0.3 is 13.9 Å². The van der Waals surface area contributed by atoms with Gasteiger partial charge in [-0.25, -0.2) is 4.99 Å². The largest absolute Gasteiger partial charge is 0.493 e. The first kappa shape index (κ1) is 20.0. The van der Waals surface area contributed by atoms with Crippen LogP contribution in [0.2, 0.25) is 5.02 Å². The summed E-state index contributed by atoms with van der Waals surface area (Å²) in [5.41, 5.74) is 4.56. The second-order valence-electron chi connectivity index (χ2n) is 7.08. The molecule has 4 aromatic rings. The molecule has 4 nitrogen and oxygen atoms in total. The monoisotopic (exact) mass is 419 g/mol. The highest BCUT2D eigenvalue weighted by Crippen LogP contribution is 2.33. The molecule has 0 aliphatic heterocycles. The van der Waals surface area contributed by atoms with E-state index in [4.69, 9.17) is 30.5 Å². The summed E-state index contributed by atoms with van der Waals surface area (Å²) in [7, 11) is 3.23. The lowest BCUT2D eigenvalue weighted by atomic mass is 10.0. The molecule has 0 saturated heterocycles. The van der Waals surface area contributed by atoms with Crippen molar-refractivity contribution in [1.82, 2.24) is 0 Å². The van der Waals surface area contributed by atoms with Crippen LogP contribution < -0.4 is 14.8 Å². The second kappa shape index (κ2) is 8.25. The normalized spacial score (nSPS) is 11.7. The molecule has 3 aromatic carbocycles. The predicted octanol–water partition coefficient (Wildman–Crippen LogP) is 6.62. The topological polar surface area (TPSA) is 44.0 Å². The van der Waals surface area contributed by atoms with Crippen LogP contribution in [0.3, 0.4) is 0 Å². The Bertz CT molecular complexity index is 1310. The summed E-state index contributed by atoms with van der Waals surface area (Å²) in [6, 6.07) is 19.3. The fourth-order valence-electron chi connectivity index (χ4n) is 3.57. The highest BCUT2D eigenvalue weighted by Gasteiger charge is 2.12. The molecule has 0 spiro atoms. The molecule has 0 unspecified atom stereocenters. The predicted molar refractivity (Wildman–Crippen MR) is 121 cm³/mol. The Labute approximate surface area is 180 Å². The van der Waals surface area contributed by atoms with E-state index in [9.17, 15) is 0 Å². The van der Waals surface area contributed by atoms with Crippen molar-refractivity contribution in [3.05, 3.63) is 82.2 Å². The molecule has 0 atom stereocenters. The molecular formula is C25H22ClNO3. The molecule has 30 heavy (non-hydrogen) atoms. The van der Waals surface area contributed by atoms with Crippen LogP contribution in [0.1, 0.15) is 11.1 Å². The van der Waals surface area contributed by atoms with Gasteiger partial charge in [0, 0.05) is 17.0 Å². The molecule has 0 amide bonds. The maximum absolute atomic E-state index is 6.37. The van der Waals surface area contributed by atoms with Crippen LogP contribution in [0, 0.1) is 13.8 Å². The van der Waals surface area contributed by atoms with Crippen molar-refractivity contribution in [2.75, 3.05) is 14.2 Å². The molecule has 0 radical (unpaired) electrons. The van der Waals surface area contributed by atoms with Gasteiger partial charge in [-0.05, 0) is 61.4 Å². The van der Waals surface area contributed by atoms with Gasteiger partial charge in [-0.1, -0.05) is 29.8 Å². The van der Waals surface area contributed by atoms with Crippen molar-refractivity contribution >= 4 is 28.3 Å². The number of fused-ring (bicyclic) bond motifs is 1. The highest BCUT2D eigenvalue weighted by atomic mass is 35.5. The van der Waals surface area contributed by atoms with E-state index < -0.39 is 0 Å². The lowest BCUT2D eigenvalue weighted by molar-refractivity contribution is 0.355. The lowest BCUT2D eigenvalue weighted by Crippen LogP contribution is -2.05. The molecule has 0 aliphatic rings. The average molecular weight is 420 g/mol. The summed E-state index contributed by atoms with van der Waals surface area (Å²) < 4.78 is 17.1. The number of methoxy groups -OCH3 is 2. The minimum absolute atomic E-state index is 0.601. The van der Waals surface area contributed by atoms with Crippen LogP contribution in [0.5, 0.6) is 11.5 Å². The van der Waals surface area contributed by atoms with Crippen molar-refractivity contribution in [3.63, 3.8) is 0 Å². The summed E-state index contributed by atoms with van der Waals surface area (Å²) >= 11 is 6.37. The number of benzene rings is 3. The summed E-state index contributed by atoms with van der Waals surface area (Å²) in [6.45, 7) is 4.11. The van der Waals surface area contributed by atoms with Gasteiger partial charge in [0.15, 0.2) is 11.5 Å². The number of hydrogen-bond acceptors (Lipinski definition) is 4. The molecule has 0 bridgehead atoms. The van der Waals surface area contributed by atoms with Crippen molar-refractivity contribution in [2.45, 2.75) is 13.8 Å². The van der Waals surface area contributed by atoms with Gasteiger partial charge >= 0.3 is 0 Å². The molecule has 1 aromatic heterocycles. The van der Waals surface area contributed by atoms with Gasteiger partial charge in [0.25, 0.3) is 0 Å². The third kappa shape index (κ3) is 3.79. The van der Waals surface area contributed by atoms with Crippen molar-refractivity contribution < 1.29 is 13.9 Å². The Morgan fingerprint density at radius 1 is 0.867 bits per heavy atom. The molecule has 152 valence electrons. The number of hydrogen-bond donors (Lipinski definition) is 0. The van der Waals surface area contributed by atoms with Crippen LogP contribution in [0.4, 0.5) is 5.69 Å². The minimum atomic E-state index is 0.601. The standard InChI is InChI=1S/C25H22ClNO3/c1-15-11-16(2)25-20(27-19-8-6-5-7-18(19)26)14-22(30-24(25)12-15)17-9-10-21(28-3)23(13-17)29-4/h5-14H,1-4H3. The van der Waals surface area contributed by atoms with Crippen LogP contribution in [0.25, 0.3) is 22.3 Å². The number of aryl methyl sites for hydroxylation is 2. The fraction of sp³-hybridized carbons (Fsp3) is 0.160. The smallest absolute Gasteiger partial charge is 0.161 e. The Balaban J connectivity index is 2.03. The van der Waals surface area contributed by atoms with Crippen LogP contribution in [0.15, 0.2) is 70.1 Å². The van der Waals surface area contributed by atoms with Gasteiger partial charge in [-0.2, -0.15) is 0 Å². The molecule has 0 aliphatic carbocycles. The number of nitrogens with zero attached hydrogens (tertiary/aromatic N) is 1. The van der Waals surface area contributed by atoms with E-state index in [0.29, 0.717) is 28.0 Å². The Kier molecular flexibility index (Phi) is 5.51. The van der Waals surface area contributed by atoms with Crippen LogP contribution in [-0.4, -0.2) is 14.2 Å². The van der Waals surface area contributed by atoms with Gasteiger partial charge in [-0.15, -0.1) is 0 Å². The number of rotatable bonds is 4. The van der Waals surface area contributed by atoms with E-state index in [1.807, 2.05) is 54.6 Å². The van der Waals surface area contributed by atoms with E-state index in [2.05, 4.69) is 19.9 Å². The van der Waals surface area contributed by atoms with Crippen molar-refractivity contribution in [2.24, 2.45) is 4.99 Å². The van der Waals surface area contributed by atoms with Crippen molar-refractivity contribution in [3.8, 4) is 22.8 Å². The molecule has 0 saturated carbocycles. The first-order valence-corrected chi connectivity index (χ1v) is 9.94. The van der Waals surface area contributed by atoms with E-state index in [0.717, 1.165) is 33.0 Å².